The predicted molar refractivity (Wildman–Crippen MR) is 56.9 cm³/mol. The van der Waals surface area contributed by atoms with Crippen LogP contribution in [0.25, 0.3) is 11.0 Å². The van der Waals surface area contributed by atoms with Gasteiger partial charge in [-0.05, 0) is 26.0 Å². The van der Waals surface area contributed by atoms with Crippen molar-refractivity contribution in [1.29, 1.82) is 0 Å². The molecule has 4 heteroatoms. The number of rotatable bonds is 0. The minimum absolute atomic E-state index is 0.167. The lowest BCUT2D eigenvalue weighted by Crippen LogP contribution is -1.84. The van der Waals surface area contributed by atoms with Crippen LogP contribution in [0, 0.1) is 0 Å². The van der Waals surface area contributed by atoms with Crippen LogP contribution < -0.4 is 5.73 Å². The van der Waals surface area contributed by atoms with Crippen LogP contribution in [0.4, 0.5) is 5.95 Å². The maximum absolute atomic E-state index is 9.44. The number of aromatic amines is 1. The van der Waals surface area contributed by atoms with Gasteiger partial charge >= 0.3 is 0 Å². The van der Waals surface area contributed by atoms with Crippen molar-refractivity contribution in [2.45, 2.75) is 13.8 Å². The fraction of sp³-hybridized carbons (Fsp3) is 0.200. The second-order valence-electron chi connectivity index (χ2n) is 3.05. The highest BCUT2D eigenvalue weighted by Crippen LogP contribution is 2.10. The molecule has 0 amide bonds. The van der Waals surface area contributed by atoms with Gasteiger partial charge in [-0.25, -0.2) is 4.98 Å². The number of fused-ring (bicyclic) bond motifs is 1. The van der Waals surface area contributed by atoms with Crippen molar-refractivity contribution in [1.82, 2.24) is 9.97 Å². The minimum atomic E-state index is 0.167. The van der Waals surface area contributed by atoms with Gasteiger partial charge in [-0.3, -0.25) is 0 Å². The van der Waals surface area contributed by atoms with Crippen molar-refractivity contribution in [3.05, 3.63) is 24.3 Å². The summed E-state index contributed by atoms with van der Waals surface area (Å²) in [5.74, 6) is 0.640. The first-order valence-corrected chi connectivity index (χ1v) is 4.27. The van der Waals surface area contributed by atoms with Gasteiger partial charge in [0.2, 0.25) is 0 Å². The molecule has 0 aliphatic heterocycles. The van der Waals surface area contributed by atoms with Crippen LogP contribution in [0.2, 0.25) is 0 Å². The van der Waals surface area contributed by atoms with E-state index in [4.69, 9.17) is 5.73 Å². The number of nitrogens with two attached hydrogens (primary N) is 1. The molecule has 0 radical (unpaired) electrons. The molecule has 0 bridgehead atoms. The van der Waals surface area contributed by atoms with E-state index in [1.165, 1.54) is 13.8 Å². The number of carbonyl (C=O) groups excluding carboxylic acids is 1. The topological polar surface area (TPSA) is 71.8 Å². The van der Waals surface area contributed by atoms with Gasteiger partial charge in [0.05, 0.1) is 11.0 Å². The number of benzene rings is 1. The Hall–Kier alpha value is -1.84. The molecule has 1 aromatic carbocycles. The fourth-order valence-electron chi connectivity index (χ4n) is 0.973. The van der Waals surface area contributed by atoms with E-state index in [9.17, 15) is 4.79 Å². The smallest absolute Gasteiger partial charge is 0.198 e. The summed E-state index contributed by atoms with van der Waals surface area (Å²) in [6, 6.07) is 7.74. The van der Waals surface area contributed by atoms with Crippen LogP contribution in [0.1, 0.15) is 13.8 Å². The summed E-state index contributed by atoms with van der Waals surface area (Å²) in [6.07, 6.45) is 0. The van der Waals surface area contributed by atoms with Gasteiger partial charge in [-0.1, -0.05) is 12.1 Å². The largest absolute Gasteiger partial charge is 0.369 e. The average Bonchev–Trinajstić information content (AvgIpc) is 2.42. The number of H-pyrrole nitrogens is 1. The molecule has 0 spiro atoms. The van der Waals surface area contributed by atoms with Gasteiger partial charge in [0.25, 0.3) is 0 Å². The third kappa shape index (κ3) is 2.90. The van der Waals surface area contributed by atoms with Gasteiger partial charge in [0.15, 0.2) is 5.95 Å². The van der Waals surface area contributed by atoms with E-state index in [1.807, 2.05) is 24.3 Å². The van der Waals surface area contributed by atoms with Crippen LogP contribution >= 0.6 is 0 Å². The molecule has 0 saturated heterocycles. The summed E-state index contributed by atoms with van der Waals surface area (Å²) in [5.41, 5.74) is 7.33. The number of ketones is 1. The lowest BCUT2D eigenvalue weighted by Gasteiger charge is -1.81. The molecule has 0 fully saturated rings. The van der Waals surface area contributed by atoms with Gasteiger partial charge in [0, 0.05) is 0 Å². The third-order valence-corrected chi connectivity index (χ3v) is 1.41. The van der Waals surface area contributed by atoms with Crippen LogP contribution in [-0.2, 0) is 4.79 Å². The first kappa shape index (κ1) is 10.2. The number of nitrogen functional groups attached to an aromatic ring is 1. The molecule has 3 N–H and O–H groups in total. The van der Waals surface area contributed by atoms with Crippen molar-refractivity contribution >= 4 is 22.8 Å². The number of hydrogen-bond donors (Lipinski definition) is 2. The SMILES string of the molecule is CC(C)=O.Nc1nc2ccccc2[nH]1. The molecule has 0 unspecified atom stereocenters. The third-order valence-electron chi connectivity index (χ3n) is 1.41. The Kier molecular flexibility index (Phi) is 3.23. The number of aromatic nitrogens is 2. The average molecular weight is 191 g/mol. The molecular formula is C10H13N3O. The van der Waals surface area contributed by atoms with E-state index in [0.29, 0.717) is 5.95 Å². The minimum Gasteiger partial charge on any atom is -0.369 e. The zero-order valence-corrected chi connectivity index (χ0v) is 8.24. The number of nitrogens with one attached hydrogen (secondary N) is 1. The molecular weight excluding hydrogens is 178 g/mol. The number of anilines is 1. The Morgan fingerprint density at radius 2 is 1.93 bits per heavy atom. The van der Waals surface area contributed by atoms with E-state index in [2.05, 4.69) is 9.97 Å². The molecule has 14 heavy (non-hydrogen) atoms. The van der Waals surface area contributed by atoms with Gasteiger partial charge in [-0.2, -0.15) is 0 Å². The number of nitrogens with zero attached hydrogens (tertiary/aromatic N) is 1. The van der Waals surface area contributed by atoms with Crippen molar-refractivity contribution in [2.24, 2.45) is 0 Å². The van der Waals surface area contributed by atoms with E-state index in [-0.39, 0.29) is 5.78 Å². The Morgan fingerprint density at radius 1 is 1.36 bits per heavy atom. The lowest BCUT2D eigenvalue weighted by molar-refractivity contribution is -0.114. The van der Waals surface area contributed by atoms with E-state index in [0.717, 1.165) is 11.0 Å². The second-order valence-corrected chi connectivity index (χ2v) is 3.05. The maximum atomic E-state index is 9.44. The highest BCUT2D eigenvalue weighted by atomic mass is 16.1. The summed E-state index contributed by atoms with van der Waals surface area (Å²) >= 11 is 0. The van der Waals surface area contributed by atoms with Crippen LogP contribution in [0.3, 0.4) is 0 Å². The molecule has 2 aromatic rings. The van der Waals surface area contributed by atoms with Crippen LogP contribution in [-0.4, -0.2) is 15.8 Å². The molecule has 2 rings (SSSR count). The molecule has 1 aromatic heterocycles. The molecule has 0 aliphatic carbocycles. The lowest BCUT2D eigenvalue weighted by atomic mass is 10.3. The Morgan fingerprint density at radius 3 is 2.50 bits per heavy atom. The van der Waals surface area contributed by atoms with Gasteiger partial charge in [-0.15, -0.1) is 0 Å². The van der Waals surface area contributed by atoms with E-state index < -0.39 is 0 Å². The second kappa shape index (κ2) is 4.41. The van der Waals surface area contributed by atoms with Crippen LogP contribution in [0.15, 0.2) is 24.3 Å². The standard InChI is InChI=1S/C7H7N3.C3H6O/c8-7-9-5-3-1-2-4-6(5)10-7;1-3(2)4/h1-4H,(H3,8,9,10);1-2H3. The molecule has 0 saturated carbocycles. The van der Waals surface area contributed by atoms with Crippen molar-refractivity contribution in [3.63, 3.8) is 0 Å². The van der Waals surface area contributed by atoms with E-state index in [1.54, 1.807) is 0 Å². The maximum Gasteiger partial charge on any atom is 0.198 e. The van der Waals surface area contributed by atoms with Gasteiger partial charge < -0.3 is 15.5 Å². The van der Waals surface area contributed by atoms with Crippen LogP contribution in [0.5, 0.6) is 0 Å². The zero-order valence-electron chi connectivity index (χ0n) is 8.24. The molecule has 1 heterocycles. The summed E-state index contributed by atoms with van der Waals surface area (Å²) < 4.78 is 0. The summed E-state index contributed by atoms with van der Waals surface area (Å²) in [5, 5.41) is 0. The Bertz CT molecular complexity index is 397. The number of hydrogen-bond acceptors (Lipinski definition) is 3. The summed E-state index contributed by atoms with van der Waals surface area (Å²) in [6.45, 7) is 3.06. The fourth-order valence-corrected chi connectivity index (χ4v) is 0.973. The molecule has 0 aliphatic rings. The first-order valence-electron chi connectivity index (χ1n) is 4.27. The Labute approximate surface area is 82.1 Å². The number of imidazole rings is 1. The highest BCUT2D eigenvalue weighted by Gasteiger charge is 1.94. The molecule has 74 valence electrons. The Balaban J connectivity index is 0.000000213. The number of carbonyl (C=O) groups is 1. The predicted octanol–water partition coefficient (Wildman–Crippen LogP) is 1.74. The monoisotopic (exact) mass is 191 g/mol. The first-order chi connectivity index (χ1) is 6.59. The van der Waals surface area contributed by atoms with Crippen molar-refractivity contribution in [2.75, 3.05) is 5.73 Å². The number of para-hydroxylation sites is 2. The van der Waals surface area contributed by atoms with Crippen molar-refractivity contribution < 1.29 is 4.79 Å². The molecule has 4 nitrogen and oxygen atoms in total. The van der Waals surface area contributed by atoms with E-state index >= 15 is 0 Å². The van der Waals surface area contributed by atoms with Crippen molar-refractivity contribution in [3.8, 4) is 0 Å². The number of Topliss-reactive ketones (excluding diaryl/α,β-unsaturated/α-hetero) is 1. The highest BCUT2D eigenvalue weighted by molar-refractivity contribution is 5.76. The van der Waals surface area contributed by atoms with Gasteiger partial charge in [0.1, 0.15) is 5.78 Å². The quantitative estimate of drug-likeness (QED) is 0.666. The summed E-state index contributed by atoms with van der Waals surface area (Å²) in [7, 11) is 0. The molecule has 0 atom stereocenters. The zero-order chi connectivity index (χ0) is 10.6. The normalized spacial score (nSPS) is 9.29. The summed E-state index contributed by atoms with van der Waals surface area (Å²) in [4.78, 5) is 16.4.